The second-order valence-corrected chi connectivity index (χ2v) is 6.70. The molecule has 0 unspecified atom stereocenters. The van der Waals surface area contributed by atoms with Crippen molar-refractivity contribution in [3.63, 3.8) is 0 Å². The van der Waals surface area contributed by atoms with E-state index in [4.69, 9.17) is 5.73 Å². The molecular weight excluding hydrogens is 258 g/mol. The monoisotopic (exact) mass is 287 g/mol. The van der Waals surface area contributed by atoms with Crippen LogP contribution in [0.2, 0.25) is 0 Å². The predicted molar refractivity (Wildman–Crippen MR) is 90.7 cm³/mol. The van der Waals surface area contributed by atoms with Gasteiger partial charge in [0.2, 0.25) is 0 Å². The number of anilines is 2. The largest absolute Gasteiger partial charge is 0.399 e. The fourth-order valence-electron chi connectivity index (χ4n) is 3.95. The van der Waals surface area contributed by atoms with Gasteiger partial charge in [0.25, 0.3) is 0 Å². The molecule has 0 aromatic heterocycles. The Bertz CT molecular complexity index is 426. The Hall–Kier alpha value is -1.22. The molecule has 1 saturated heterocycles. The number of benzene rings is 1. The van der Waals surface area contributed by atoms with E-state index in [0.717, 1.165) is 30.7 Å². The van der Waals surface area contributed by atoms with Crippen LogP contribution in [-0.4, -0.2) is 37.1 Å². The van der Waals surface area contributed by atoms with Crippen LogP contribution in [0, 0.1) is 5.92 Å². The Morgan fingerprint density at radius 2 is 1.57 bits per heavy atom. The smallest absolute Gasteiger partial charge is 0.0368 e. The van der Waals surface area contributed by atoms with Crippen LogP contribution in [0.15, 0.2) is 24.3 Å². The lowest BCUT2D eigenvalue weighted by Gasteiger charge is -2.42. The topological polar surface area (TPSA) is 32.5 Å². The van der Waals surface area contributed by atoms with E-state index in [0.29, 0.717) is 0 Å². The maximum Gasteiger partial charge on any atom is 0.0368 e. The maximum atomic E-state index is 5.77. The zero-order valence-corrected chi connectivity index (χ0v) is 13.3. The van der Waals surface area contributed by atoms with Crippen molar-refractivity contribution in [2.24, 2.45) is 5.92 Å². The highest BCUT2D eigenvalue weighted by Crippen LogP contribution is 2.30. The van der Waals surface area contributed by atoms with E-state index >= 15 is 0 Å². The van der Waals surface area contributed by atoms with Crippen molar-refractivity contribution in [2.75, 3.05) is 36.8 Å². The van der Waals surface area contributed by atoms with E-state index < -0.39 is 0 Å². The number of nitrogen functional groups attached to an aromatic ring is 1. The highest BCUT2D eigenvalue weighted by Gasteiger charge is 2.27. The third-order valence-corrected chi connectivity index (χ3v) is 5.48. The first-order valence-electron chi connectivity index (χ1n) is 8.61. The Morgan fingerprint density at radius 1 is 0.952 bits per heavy atom. The molecule has 1 aliphatic carbocycles. The first kappa shape index (κ1) is 14.7. The lowest BCUT2D eigenvalue weighted by Crippen LogP contribution is -2.51. The van der Waals surface area contributed by atoms with E-state index in [1.165, 1.54) is 50.9 Å². The van der Waals surface area contributed by atoms with E-state index in [1.54, 1.807) is 0 Å². The van der Waals surface area contributed by atoms with Crippen molar-refractivity contribution in [3.05, 3.63) is 24.3 Å². The van der Waals surface area contributed by atoms with Gasteiger partial charge in [-0.15, -0.1) is 0 Å². The van der Waals surface area contributed by atoms with Crippen LogP contribution < -0.4 is 10.6 Å². The molecule has 3 nitrogen and oxygen atoms in total. The molecule has 1 saturated carbocycles. The van der Waals surface area contributed by atoms with Crippen LogP contribution in [-0.2, 0) is 0 Å². The molecule has 1 aromatic rings. The molecule has 0 amide bonds. The molecule has 2 N–H and O–H groups in total. The average Bonchev–Trinajstić information content (AvgIpc) is 2.56. The number of hydrogen-bond donors (Lipinski definition) is 1. The van der Waals surface area contributed by atoms with Gasteiger partial charge < -0.3 is 10.6 Å². The molecule has 2 aliphatic rings. The van der Waals surface area contributed by atoms with E-state index in [1.807, 2.05) is 12.1 Å². The van der Waals surface area contributed by atoms with Gasteiger partial charge in [0, 0.05) is 43.6 Å². The Balaban J connectivity index is 1.50. The van der Waals surface area contributed by atoms with Crippen LogP contribution >= 0.6 is 0 Å². The number of nitrogens with zero attached hydrogens (tertiary/aromatic N) is 2. The summed E-state index contributed by atoms with van der Waals surface area (Å²) < 4.78 is 0. The Morgan fingerprint density at radius 3 is 2.14 bits per heavy atom. The first-order chi connectivity index (χ1) is 10.3. The molecule has 3 heteroatoms. The fourth-order valence-corrected chi connectivity index (χ4v) is 3.95. The van der Waals surface area contributed by atoms with Gasteiger partial charge in [0.1, 0.15) is 0 Å². The normalized spacial score (nSPS) is 27.8. The van der Waals surface area contributed by atoms with Gasteiger partial charge in [-0.2, -0.15) is 0 Å². The van der Waals surface area contributed by atoms with Crippen LogP contribution in [0.4, 0.5) is 11.4 Å². The second-order valence-electron chi connectivity index (χ2n) is 6.70. The lowest BCUT2D eigenvalue weighted by molar-refractivity contribution is 0.128. The van der Waals surface area contributed by atoms with E-state index in [9.17, 15) is 0 Å². The predicted octanol–water partition coefficient (Wildman–Crippen LogP) is 3.36. The Kier molecular flexibility index (Phi) is 4.69. The third kappa shape index (κ3) is 3.52. The summed E-state index contributed by atoms with van der Waals surface area (Å²) in [7, 11) is 0. The molecule has 3 rings (SSSR count). The van der Waals surface area contributed by atoms with Gasteiger partial charge in [0.05, 0.1) is 0 Å². The molecule has 0 atom stereocenters. The van der Waals surface area contributed by atoms with Gasteiger partial charge in [-0.3, -0.25) is 4.90 Å². The Labute approximate surface area is 129 Å². The molecule has 1 heterocycles. The van der Waals surface area contributed by atoms with Gasteiger partial charge >= 0.3 is 0 Å². The molecular formula is C18H29N3. The van der Waals surface area contributed by atoms with Crippen molar-refractivity contribution in [2.45, 2.75) is 45.1 Å². The first-order valence-corrected chi connectivity index (χ1v) is 8.61. The molecule has 0 bridgehead atoms. The molecule has 1 aromatic carbocycles. The van der Waals surface area contributed by atoms with Crippen LogP contribution in [0.3, 0.4) is 0 Å². The zero-order chi connectivity index (χ0) is 14.7. The van der Waals surface area contributed by atoms with Crippen LogP contribution in [0.5, 0.6) is 0 Å². The summed E-state index contributed by atoms with van der Waals surface area (Å²) in [6.07, 6.45) is 7.09. The number of hydrogen-bond acceptors (Lipinski definition) is 3. The quantitative estimate of drug-likeness (QED) is 0.865. The average molecular weight is 287 g/mol. The summed E-state index contributed by atoms with van der Waals surface area (Å²) >= 11 is 0. The second kappa shape index (κ2) is 6.69. The summed E-state index contributed by atoms with van der Waals surface area (Å²) in [5.41, 5.74) is 7.94. The van der Waals surface area contributed by atoms with Crippen molar-refractivity contribution >= 4 is 11.4 Å². The van der Waals surface area contributed by atoms with E-state index in [-0.39, 0.29) is 0 Å². The van der Waals surface area contributed by atoms with Gasteiger partial charge in [-0.1, -0.05) is 13.3 Å². The number of piperazine rings is 1. The van der Waals surface area contributed by atoms with Crippen molar-refractivity contribution in [1.29, 1.82) is 0 Å². The van der Waals surface area contributed by atoms with E-state index in [2.05, 4.69) is 28.9 Å². The highest BCUT2D eigenvalue weighted by molar-refractivity contribution is 5.53. The van der Waals surface area contributed by atoms with Crippen molar-refractivity contribution < 1.29 is 0 Å². The minimum absolute atomic E-state index is 0.848. The summed E-state index contributed by atoms with van der Waals surface area (Å²) in [5, 5.41) is 0. The summed E-state index contributed by atoms with van der Waals surface area (Å²) in [4.78, 5) is 5.23. The van der Waals surface area contributed by atoms with Gasteiger partial charge in [-0.25, -0.2) is 0 Å². The third-order valence-electron chi connectivity index (χ3n) is 5.48. The summed E-state index contributed by atoms with van der Waals surface area (Å²) in [6.45, 7) is 7.07. The van der Waals surface area contributed by atoms with Gasteiger partial charge in [-0.05, 0) is 55.9 Å². The number of rotatable bonds is 3. The van der Waals surface area contributed by atoms with Crippen LogP contribution in [0.1, 0.15) is 39.0 Å². The molecule has 0 radical (unpaired) electrons. The van der Waals surface area contributed by atoms with Crippen LogP contribution in [0.25, 0.3) is 0 Å². The standard InChI is InChI=1S/C18H29N3/c1-2-15-3-7-17(8-4-15)20-11-13-21(14-12-20)18-9-5-16(19)6-10-18/h5-6,9-10,15,17H,2-4,7-8,11-14,19H2,1H3. The molecule has 21 heavy (non-hydrogen) atoms. The SMILES string of the molecule is CCC1CCC(N2CCN(c3ccc(N)cc3)CC2)CC1. The summed E-state index contributed by atoms with van der Waals surface area (Å²) in [6, 6.07) is 9.16. The van der Waals surface area contributed by atoms with Crippen molar-refractivity contribution in [1.82, 2.24) is 4.90 Å². The minimum Gasteiger partial charge on any atom is -0.399 e. The minimum atomic E-state index is 0.848. The molecule has 0 spiro atoms. The maximum absolute atomic E-state index is 5.77. The summed E-state index contributed by atoms with van der Waals surface area (Å²) in [5.74, 6) is 0.998. The number of nitrogens with two attached hydrogens (primary N) is 1. The zero-order valence-electron chi connectivity index (χ0n) is 13.3. The molecule has 116 valence electrons. The highest BCUT2D eigenvalue weighted by atomic mass is 15.3. The van der Waals surface area contributed by atoms with Gasteiger partial charge in [0.15, 0.2) is 0 Å². The van der Waals surface area contributed by atoms with Crippen molar-refractivity contribution in [3.8, 4) is 0 Å². The fraction of sp³-hybridized carbons (Fsp3) is 0.667. The molecule has 1 aliphatic heterocycles. The molecule has 2 fully saturated rings. The lowest BCUT2D eigenvalue weighted by atomic mass is 9.84.